The highest BCUT2D eigenvalue weighted by Gasteiger charge is 2.17. The zero-order valence-electron chi connectivity index (χ0n) is 10.4. The molecule has 2 rings (SSSR count). The lowest BCUT2D eigenvalue weighted by Gasteiger charge is -2.14. The largest absolute Gasteiger partial charge is 0.611 e. The maximum atomic E-state index is 12.2. The van der Waals surface area contributed by atoms with Crippen molar-refractivity contribution < 1.29 is 4.55 Å². The van der Waals surface area contributed by atoms with Crippen LogP contribution in [0.25, 0.3) is 11.1 Å². The molecular weight excluding hydrogens is 308 g/mol. The molecule has 0 saturated carbocycles. The first-order valence-corrected chi connectivity index (χ1v) is 7.98. The van der Waals surface area contributed by atoms with E-state index >= 15 is 0 Å². The molecule has 0 radical (unpaired) electrons. The highest BCUT2D eigenvalue weighted by Crippen LogP contribution is 2.32. The summed E-state index contributed by atoms with van der Waals surface area (Å²) in [6.07, 6.45) is 0. The van der Waals surface area contributed by atoms with Crippen LogP contribution in [-0.2, 0) is 11.2 Å². The van der Waals surface area contributed by atoms with Crippen molar-refractivity contribution >= 4 is 27.1 Å². The summed E-state index contributed by atoms with van der Waals surface area (Å²) in [5.74, 6) is 0.634. The molecule has 0 heterocycles. The molecule has 2 aromatic carbocycles. The van der Waals surface area contributed by atoms with Crippen molar-refractivity contribution in [2.75, 3.05) is 5.75 Å². The molecule has 94 valence electrons. The van der Waals surface area contributed by atoms with Gasteiger partial charge in [0.05, 0.1) is 0 Å². The Morgan fingerprint density at radius 2 is 1.83 bits per heavy atom. The minimum absolute atomic E-state index is 0.634. The average molecular weight is 323 g/mol. The van der Waals surface area contributed by atoms with E-state index in [1.54, 1.807) is 0 Å². The van der Waals surface area contributed by atoms with Crippen LogP contribution in [0.2, 0.25) is 0 Å². The highest BCUT2D eigenvalue weighted by atomic mass is 79.9. The van der Waals surface area contributed by atoms with Crippen LogP contribution in [0.3, 0.4) is 0 Å². The topological polar surface area (TPSA) is 23.1 Å². The number of hydrogen-bond acceptors (Lipinski definition) is 1. The van der Waals surface area contributed by atoms with E-state index in [0.717, 1.165) is 20.5 Å². The van der Waals surface area contributed by atoms with E-state index in [9.17, 15) is 4.55 Å². The third-order valence-electron chi connectivity index (χ3n) is 2.89. The van der Waals surface area contributed by atoms with Crippen LogP contribution in [0, 0.1) is 6.92 Å². The van der Waals surface area contributed by atoms with Crippen molar-refractivity contribution in [3.05, 3.63) is 52.5 Å². The Bertz CT molecular complexity index is 554. The van der Waals surface area contributed by atoms with Gasteiger partial charge in [-0.25, -0.2) is 0 Å². The van der Waals surface area contributed by atoms with E-state index in [1.165, 1.54) is 5.56 Å². The van der Waals surface area contributed by atoms with Crippen LogP contribution in [0.15, 0.2) is 51.8 Å². The van der Waals surface area contributed by atoms with Crippen molar-refractivity contribution in [1.82, 2.24) is 0 Å². The van der Waals surface area contributed by atoms with Gasteiger partial charge in [-0.3, -0.25) is 0 Å². The van der Waals surface area contributed by atoms with Crippen molar-refractivity contribution in [3.63, 3.8) is 0 Å². The molecule has 0 aromatic heterocycles. The predicted octanol–water partition coefficient (Wildman–Crippen LogP) is 4.55. The Morgan fingerprint density at radius 1 is 1.11 bits per heavy atom. The van der Waals surface area contributed by atoms with E-state index in [2.05, 4.69) is 35.0 Å². The van der Waals surface area contributed by atoms with Gasteiger partial charge in [-0.2, -0.15) is 0 Å². The molecule has 1 nitrogen and oxygen atoms in total. The molecule has 1 unspecified atom stereocenters. The van der Waals surface area contributed by atoms with Gasteiger partial charge < -0.3 is 4.55 Å². The standard InChI is InChI=1S/C15H15BrOS/c1-3-18(17)15-10-12(16)8-9-14(15)13-7-5-4-6-11(13)2/h4-10H,3H2,1-2H3. The molecule has 0 amide bonds. The Labute approximate surface area is 120 Å². The zero-order chi connectivity index (χ0) is 13.1. The molecule has 18 heavy (non-hydrogen) atoms. The summed E-state index contributed by atoms with van der Waals surface area (Å²) in [4.78, 5) is 0.904. The normalized spacial score (nSPS) is 12.4. The van der Waals surface area contributed by atoms with E-state index in [-0.39, 0.29) is 0 Å². The fourth-order valence-corrected chi connectivity index (χ4v) is 3.44. The van der Waals surface area contributed by atoms with Gasteiger partial charge in [0.1, 0.15) is 5.75 Å². The average Bonchev–Trinajstić information content (AvgIpc) is 2.39. The smallest absolute Gasteiger partial charge is 0.161 e. The summed E-state index contributed by atoms with van der Waals surface area (Å²) in [6, 6.07) is 14.2. The SMILES string of the molecule is CC[S+]([O-])c1cc(Br)ccc1-c1ccccc1C. The second-order valence-electron chi connectivity index (χ2n) is 4.09. The van der Waals surface area contributed by atoms with E-state index in [1.807, 2.05) is 37.3 Å². The summed E-state index contributed by atoms with van der Waals surface area (Å²) in [7, 11) is 0. The Kier molecular flexibility index (Phi) is 4.49. The second-order valence-corrected chi connectivity index (χ2v) is 6.71. The first-order valence-electron chi connectivity index (χ1n) is 5.87. The molecule has 1 atom stereocenters. The number of rotatable bonds is 3. The van der Waals surface area contributed by atoms with Crippen molar-refractivity contribution in [1.29, 1.82) is 0 Å². The van der Waals surface area contributed by atoms with Gasteiger partial charge in [0.15, 0.2) is 4.90 Å². The summed E-state index contributed by atoms with van der Waals surface area (Å²) in [5, 5.41) is 0. The van der Waals surface area contributed by atoms with Crippen LogP contribution in [-0.4, -0.2) is 10.3 Å². The molecule has 0 fully saturated rings. The lowest BCUT2D eigenvalue weighted by molar-refractivity contribution is 0.596. The Hall–Kier alpha value is -0.770. The van der Waals surface area contributed by atoms with Gasteiger partial charge in [-0.1, -0.05) is 40.2 Å². The second kappa shape index (κ2) is 5.91. The fourth-order valence-electron chi connectivity index (χ4n) is 1.94. The number of halogens is 1. The minimum Gasteiger partial charge on any atom is -0.611 e. The summed E-state index contributed by atoms with van der Waals surface area (Å²) in [6.45, 7) is 4.02. The van der Waals surface area contributed by atoms with Crippen LogP contribution in [0.5, 0.6) is 0 Å². The molecule has 2 aromatic rings. The van der Waals surface area contributed by atoms with Crippen LogP contribution < -0.4 is 0 Å². The maximum absolute atomic E-state index is 12.2. The maximum Gasteiger partial charge on any atom is 0.161 e. The first kappa shape index (κ1) is 13.7. The molecule has 0 N–H and O–H groups in total. The Balaban J connectivity index is 2.61. The lowest BCUT2D eigenvalue weighted by atomic mass is 10.0. The van der Waals surface area contributed by atoms with Crippen molar-refractivity contribution in [2.24, 2.45) is 0 Å². The number of hydrogen-bond donors (Lipinski definition) is 0. The molecular formula is C15H15BrOS. The number of aryl methyl sites for hydroxylation is 1. The zero-order valence-corrected chi connectivity index (χ0v) is 12.8. The molecule has 0 aliphatic carbocycles. The van der Waals surface area contributed by atoms with Gasteiger partial charge in [0.2, 0.25) is 0 Å². The van der Waals surface area contributed by atoms with Gasteiger partial charge in [-0.15, -0.1) is 0 Å². The highest BCUT2D eigenvalue weighted by molar-refractivity contribution is 9.10. The molecule has 0 spiro atoms. The first-order chi connectivity index (χ1) is 8.63. The molecule has 0 aliphatic rings. The molecule has 3 heteroatoms. The fraction of sp³-hybridized carbons (Fsp3) is 0.200. The summed E-state index contributed by atoms with van der Waals surface area (Å²) < 4.78 is 13.1. The van der Waals surface area contributed by atoms with E-state index in [4.69, 9.17) is 0 Å². The summed E-state index contributed by atoms with van der Waals surface area (Å²) >= 11 is 2.50. The van der Waals surface area contributed by atoms with Crippen molar-refractivity contribution in [2.45, 2.75) is 18.7 Å². The Morgan fingerprint density at radius 3 is 2.50 bits per heavy atom. The van der Waals surface area contributed by atoms with E-state index < -0.39 is 11.2 Å². The minimum atomic E-state index is -0.951. The van der Waals surface area contributed by atoms with Gasteiger partial charge >= 0.3 is 0 Å². The van der Waals surface area contributed by atoms with E-state index in [0.29, 0.717) is 5.75 Å². The predicted molar refractivity (Wildman–Crippen MR) is 81.3 cm³/mol. The third kappa shape index (κ3) is 2.79. The lowest BCUT2D eigenvalue weighted by Crippen LogP contribution is -2.06. The quantitative estimate of drug-likeness (QED) is 0.760. The van der Waals surface area contributed by atoms with Crippen LogP contribution in [0.4, 0.5) is 0 Å². The van der Waals surface area contributed by atoms with Gasteiger partial charge in [0, 0.05) is 16.1 Å². The summed E-state index contributed by atoms with van der Waals surface area (Å²) in [5.41, 5.74) is 3.42. The monoisotopic (exact) mass is 322 g/mol. The third-order valence-corrected chi connectivity index (χ3v) is 4.73. The van der Waals surface area contributed by atoms with Gasteiger partial charge in [0.25, 0.3) is 0 Å². The molecule has 0 saturated heterocycles. The molecule has 0 bridgehead atoms. The van der Waals surface area contributed by atoms with Crippen LogP contribution >= 0.6 is 15.9 Å². The number of benzene rings is 2. The van der Waals surface area contributed by atoms with Gasteiger partial charge in [-0.05, 0) is 48.3 Å². The van der Waals surface area contributed by atoms with Crippen LogP contribution in [0.1, 0.15) is 12.5 Å². The van der Waals surface area contributed by atoms with Crippen molar-refractivity contribution in [3.8, 4) is 11.1 Å². The molecule has 0 aliphatic heterocycles.